The molecular formula is C12H19FN2O. The topological polar surface area (TPSA) is 35.5 Å². The molecule has 4 heteroatoms. The molecule has 2 N–H and O–H groups in total. The lowest BCUT2D eigenvalue weighted by atomic mass is 10.1. The molecule has 0 aliphatic rings. The van der Waals surface area contributed by atoms with Crippen molar-refractivity contribution in [1.82, 2.24) is 5.32 Å². The molecule has 0 radical (unpaired) electrons. The smallest absolute Gasteiger partial charge is 0.125 e. The molecule has 16 heavy (non-hydrogen) atoms. The number of likely N-dealkylation sites (N-methyl/N-ethyl adjacent to an activating group) is 1. The van der Waals surface area contributed by atoms with E-state index in [1.165, 1.54) is 12.1 Å². The zero-order chi connectivity index (χ0) is 12.1. The molecule has 0 fully saturated rings. The van der Waals surface area contributed by atoms with Gasteiger partial charge in [-0.3, -0.25) is 0 Å². The lowest BCUT2D eigenvalue weighted by molar-refractivity contribution is 0.270. The Morgan fingerprint density at radius 1 is 1.44 bits per heavy atom. The quantitative estimate of drug-likeness (QED) is 0.796. The van der Waals surface area contributed by atoms with Gasteiger partial charge >= 0.3 is 0 Å². The SMILES string of the molecule is CNCc1cc(F)cc(N(C)C(C)CO)c1. The van der Waals surface area contributed by atoms with Crippen molar-refractivity contribution in [3.8, 4) is 0 Å². The number of hydrogen-bond acceptors (Lipinski definition) is 3. The molecule has 1 aromatic carbocycles. The maximum Gasteiger partial charge on any atom is 0.125 e. The largest absolute Gasteiger partial charge is 0.394 e. The molecular weight excluding hydrogens is 207 g/mol. The summed E-state index contributed by atoms with van der Waals surface area (Å²) < 4.78 is 13.4. The van der Waals surface area contributed by atoms with Gasteiger partial charge in [0.2, 0.25) is 0 Å². The summed E-state index contributed by atoms with van der Waals surface area (Å²) in [6.07, 6.45) is 0. The number of anilines is 1. The lowest BCUT2D eigenvalue weighted by Gasteiger charge is -2.26. The zero-order valence-corrected chi connectivity index (χ0v) is 10.00. The number of hydrogen-bond donors (Lipinski definition) is 2. The molecule has 0 heterocycles. The van der Waals surface area contributed by atoms with Crippen LogP contribution in [0.5, 0.6) is 0 Å². The third kappa shape index (κ3) is 3.18. The van der Waals surface area contributed by atoms with Gasteiger partial charge < -0.3 is 15.3 Å². The Kier molecular flexibility index (Phi) is 4.71. The Bertz CT molecular complexity index is 344. The average molecular weight is 226 g/mol. The van der Waals surface area contributed by atoms with Crippen molar-refractivity contribution >= 4 is 5.69 Å². The van der Waals surface area contributed by atoms with Crippen LogP contribution < -0.4 is 10.2 Å². The molecule has 0 bridgehead atoms. The van der Waals surface area contributed by atoms with Crippen LogP contribution >= 0.6 is 0 Å². The second-order valence-electron chi connectivity index (χ2n) is 3.99. The molecule has 1 atom stereocenters. The van der Waals surface area contributed by atoms with Gasteiger partial charge in [-0.1, -0.05) is 0 Å². The summed E-state index contributed by atoms with van der Waals surface area (Å²) in [5, 5.41) is 12.0. The highest BCUT2D eigenvalue weighted by molar-refractivity contribution is 5.49. The first kappa shape index (κ1) is 12.9. The maximum atomic E-state index is 13.4. The van der Waals surface area contributed by atoms with Crippen molar-refractivity contribution in [2.75, 3.05) is 25.6 Å². The maximum absolute atomic E-state index is 13.4. The van der Waals surface area contributed by atoms with Crippen LogP contribution in [0.25, 0.3) is 0 Å². The van der Waals surface area contributed by atoms with Gasteiger partial charge in [0, 0.05) is 25.3 Å². The van der Waals surface area contributed by atoms with Gasteiger partial charge in [-0.05, 0) is 37.7 Å². The molecule has 0 amide bonds. The second-order valence-corrected chi connectivity index (χ2v) is 3.99. The summed E-state index contributed by atoms with van der Waals surface area (Å²) in [5.41, 5.74) is 1.68. The van der Waals surface area contributed by atoms with Gasteiger partial charge in [0.25, 0.3) is 0 Å². The molecule has 0 saturated heterocycles. The second kappa shape index (κ2) is 5.82. The van der Waals surface area contributed by atoms with Crippen molar-refractivity contribution < 1.29 is 9.50 Å². The number of aliphatic hydroxyl groups is 1. The Labute approximate surface area is 95.9 Å². The minimum Gasteiger partial charge on any atom is -0.394 e. The van der Waals surface area contributed by atoms with Gasteiger partial charge in [-0.25, -0.2) is 4.39 Å². The first-order chi connectivity index (χ1) is 7.58. The summed E-state index contributed by atoms with van der Waals surface area (Å²) in [6.45, 7) is 2.57. The molecule has 0 saturated carbocycles. The fourth-order valence-electron chi connectivity index (χ4n) is 1.52. The van der Waals surface area contributed by atoms with Crippen LogP contribution in [0, 0.1) is 5.82 Å². The van der Waals surface area contributed by atoms with E-state index in [-0.39, 0.29) is 18.5 Å². The normalized spacial score (nSPS) is 12.6. The Hall–Kier alpha value is -1.13. The molecule has 0 aliphatic heterocycles. The average Bonchev–Trinajstić information content (AvgIpc) is 2.26. The summed E-state index contributed by atoms with van der Waals surface area (Å²) in [7, 11) is 3.67. The summed E-state index contributed by atoms with van der Waals surface area (Å²) >= 11 is 0. The van der Waals surface area contributed by atoms with E-state index in [4.69, 9.17) is 5.11 Å². The lowest BCUT2D eigenvalue weighted by Crippen LogP contribution is -2.31. The van der Waals surface area contributed by atoms with Crippen molar-refractivity contribution in [2.24, 2.45) is 0 Å². The van der Waals surface area contributed by atoms with E-state index in [9.17, 15) is 4.39 Å². The highest BCUT2D eigenvalue weighted by atomic mass is 19.1. The Balaban J connectivity index is 2.94. The summed E-state index contributed by atoms with van der Waals surface area (Å²) in [6, 6.07) is 4.89. The molecule has 3 nitrogen and oxygen atoms in total. The highest BCUT2D eigenvalue weighted by Crippen LogP contribution is 2.19. The van der Waals surface area contributed by atoms with Gasteiger partial charge in [0.05, 0.1) is 6.61 Å². The van der Waals surface area contributed by atoms with Crippen molar-refractivity contribution in [3.05, 3.63) is 29.6 Å². The molecule has 1 rings (SSSR count). The first-order valence-corrected chi connectivity index (χ1v) is 5.36. The zero-order valence-electron chi connectivity index (χ0n) is 10.00. The summed E-state index contributed by atoms with van der Waals surface area (Å²) in [4.78, 5) is 1.86. The van der Waals surface area contributed by atoms with Crippen LogP contribution in [0.2, 0.25) is 0 Å². The van der Waals surface area contributed by atoms with Crippen molar-refractivity contribution in [3.63, 3.8) is 0 Å². The third-order valence-electron chi connectivity index (χ3n) is 2.66. The number of halogens is 1. The fourth-order valence-corrected chi connectivity index (χ4v) is 1.52. The van der Waals surface area contributed by atoms with E-state index in [0.29, 0.717) is 6.54 Å². The van der Waals surface area contributed by atoms with E-state index in [0.717, 1.165) is 11.3 Å². The number of aliphatic hydroxyl groups excluding tert-OH is 1. The summed E-state index contributed by atoms with van der Waals surface area (Å²) in [5.74, 6) is -0.250. The van der Waals surface area contributed by atoms with E-state index in [1.54, 1.807) is 0 Å². The number of benzene rings is 1. The molecule has 1 aromatic rings. The van der Waals surface area contributed by atoms with E-state index < -0.39 is 0 Å². The van der Waals surface area contributed by atoms with Crippen LogP contribution in [0.1, 0.15) is 12.5 Å². The predicted octanol–water partition coefficient (Wildman–Crippen LogP) is 1.36. The Morgan fingerprint density at radius 3 is 2.69 bits per heavy atom. The predicted molar refractivity (Wildman–Crippen MR) is 64.1 cm³/mol. The van der Waals surface area contributed by atoms with Gasteiger partial charge in [0.1, 0.15) is 5.82 Å². The molecule has 0 aliphatic carbocycles. The van der Waals surface area contributed by atoms with Crippen LogP contribution in [-0.4, -0.2) is 31.9 Å². The van der Waals surface area contributed by atoms with Crippen LogP contribution in [0.15, 0.2) is 18.2 Å². The van der Waals surface area contributed by atoms with Gasteiger partial charge in [0.15, 0.2) is 0 Å². The Morgan fingerprint density at radius 2 is 2.12 bits per heavy atom. The van der Waals surface area contributed by atoms with E-state index in [2.05, 4.69) is 5.32 Å². The molecule has 0 aromatic heterocycles. The van der Waals surface area contributed by atoms with Crippen LogP contribution in [0.4, 0.5) is 10.1 Å². The van der Waals surface area contributed by atoms with Gasteiger partial charge in [-0.15, -0.1) is 0 Å². The van der Waals surface area contributed by atoms with Crippen LogP contribution in [-0.2, 0) is 6.54 Å². The van der Waals surface area contributed by atoms with E-state index in [1.807, 2.05) is 32.0 Å². The minimum absolute atomic E-state index is 0.0239. The monoisotopic (exact) mass is 226 g/mol. The number of nitrogens with one attached hydrogen (secondary N) is 1. The first-order valence-electron chi connectivity index (χ1n) is 5.36. The van der Waals surface area contributed by atoms with Crippen molar-refractivity contribution in [1.29, 1.82) is 0 Å². The fraction of sp³-hybridized carbons (Fsp3) is 0.500. The van der Waals surface area contributed by atoms with Crippen LogP contribution in [0.3, 0.4) is 0 Å². The van der Waals surface area contributed by atoms with Crippen molar-refractivity contribution in [2.45, 2.75) is 19.5 Å². The standard InChI is InChI=1S/C12H19FN2O/c1-9(8-16)15(3)12-5-10(7-14-2)4-11(13)6-12/h4-6,9,14,16H,7-8H2,1-3H3. The van der Waals surface area contributed by atoms with Gasteiger partial charge in [-0.2, -0.15) is 0 Å². The molecule has 0 spiro atoms. The number of rotatable bonds is 5. The third-order valence-corrected chi connectivity index (χ3v) is 2.66. The highest BCUT2D eigenvalue weighted by Gasteiger charge is 2.10. The number of nitrogens with zero attached hydrogens (tertiary/aromatic N) is 1. The molecule has 1 unspecified atom stereocenters. The van der Waals surface area contributed by atoms with E-state index >= 15 is 0 Å². The minimum atomic E-state index is -0.250. The molecule has 90 valence electrons.